The Morgan fingerprint density at radius 3 is 2.79 bits per heavy atom. The number of hydrogen-bond acceptors (Lipinski definition) is 3. The Labute approximate surface area is 124 Å². The van der Waals surface area contributed by atoms with E-state index >= 15 is 0 Å². The van der Waals surface area contributed by atoms with Crippen LogP contribution in [-0.4, -0.2) is 11.4 Å². The monoisotopic (exact) mass is 339 g/mol. The third kappa shape index (κ3) is 3.72. The summed E-state index contributed by atoms with van der Waals surface area (Å²) in [6.07, 6.45) is 1.33. The van der Waals surface area contributed by atoms with Crippen molar-refractivity contribution in [2.24, 2.45) is 5.16 Å². The van der Waals surface area contributed by atoms with Crippen molar-refractivity contribution in [3.8, 4) is 5.75 Å². The topological polar surface area (TPSA) is 41.8 Å². The van der Waals surface area contributed by atoms with Gasteiger partial charge in [0.1, 0.15) is 12.4 Å². The minimum absolute atomic E-state index is 0.355. The molecule has 3 nitrogen and oxygen atoms in total. The van der Waals surface area contributed by atoms with E-state index in [-0.39, 0.29) is 0 Å². The second-order valence-electron chi connectivity index (χ2n) is 3.81. The molecule has 0 aliphatic carbocycles. The molecule has 0 unspecified atom stereocenters. The maximum absolute atomic E-state index is 8.64. The van der Waals surface area contributed by atoms with Crippen LogP contribution < -0.4 is 4.74 Å². The van der Waals surface area contributed by atoms with Crippen molar-refractivity contribution in [1.82, 2.24) is 0 Å². The fourth-order valence-corrected chi connectivity index (χ4v) is 2.15. The quantitative estimate of drug-likeness (QED) is 0.506. The molecule has 0 fully saturated rings. The molecule has 5 heteroatoms. The van der Waals surface area contributed by atoms with Gasteiger partial charge in [0.05, 0.1) is 6.21 Å². The Kier molecular flexibility index (Phi) is 4.82. The molecule has 98 valence electrons. The van der Waals surface area contributed by atoms with Crippen LogP contribution in [0.25, 0.3) is 0 Å². The molecular weight excluding hydrogens is 330 g/mol. The van der Waals surface area contributed by atoms with Crippen LogP contribution >= 0.6 is 27.5 Å². The van der Waals surface area contributed by atoms with E-state index in [1.165, 1.54) is 6.21 Å². The second-order valence-corrected chi connectivity index (χ2v) is 5.13. The maximum Gasteiger partial charge on any atom is 0.128 e. The summed E-state index contributed by atoms with van der Waals surface area (Å²) in [5.74, 6) is 0.626. The smallest absolute Gasteiger partial charge is 0.128 e. The first kappa shape index (κ1) is 13.9. The fourth-order valence-electron chi connectivity index (χ4n) is 1.58. The molecule has 0 heterocycles. The van der Waals surface area contributed by atoms with Crippen LogP contribution in [0.4, 0.5) is 0 Å². The van der Waals surface area contributed by atoms with Gasteiger partial charge in [-0.05, 0) is 24.3 Å². The molecule has 19 heavy (non-hydrogen) atoms. The summed E-state index contributed by atoms with van der Waals surface area (Å²) in [4.78, 5) is 0. The lowest BCUT2D eigenvalue weighted by atomic mass is 10.2. The number of hydrogen-bond donors (Lipinski definition) is 1. The Hall–Kier alpha value is -1.52. The molecule has 0 radical (unpaired) electrons. The Balaban J connectivity index is 2.18. The minimum atomic E-state index is 0.355. The van der Waals surface area contributed by atoms with Gasteiger partial charge in [0, 0.05) is 20.6 Å². The van der Waals surface area contributed by atoms with Gasteiger partial charge in [-0.25, -0.2) is 0 Å². The van der Waals surface area contributed by atoms with Crippen molar-refractivity contribution in [2.45, 2.75) is 6.61 Å². The van der Waals surface area contributed by atoms with Crippen LogP contribution in [-0.2, 0) is 6.61 Å². The Morgan fingerprint density at radius 2 is 2.05 bits per heavy atom. The highest BCUT2D eigenvalue weighted by Gasteiger charge is 2.05. The van der Waals surface area contributed by atoms with Gasteiger partial charge in [-0.15, -0.1) is 0 Å². The lowest BCUT2D eigenvalue weighted by Crippen LogP contribution is -1.99. The zero-order valence-corrected chi connectivity index (χ0v) is 12.2. The van der Waals surface area contributed by atoms with Crippen LogP contribution in [0, 0.1) is 0 Å². The van der Waals surface area contributed by atoms with Gasteiger partial charge in [-0.2, -0.15) is 0 Å². The standard InChI is InChI=1S/C14H11BrClNO2/c15-12-5-6-14(11(7-12)8-17-18)19-9-10-3-1-2-4-13(10)16/h1-8,18H,9H2/b17-8-. The van der Waals surface area contributed by atoms with Crippen LogP contribution in [0.15, 0.2) is 52.1 Å². The molecule has 1 N–H and O–H groups in total. The average molecular weight is 341 g/mol. The molecule has 2 rings (SSSR count). The summed E-state index contributed by atoms with van der Waals surface area (Å²) >= 11 is 9.42. The van der Waals surface area contributed by atoms with Crippen LogP contribution in [0.1, 0.15) is 11.1 Å². The van der Waals surface area contributed by atoms with Crippen LogP contribution in [0.2, 0.25) is 5.02 Å². The molecule has 0 atom stereocenters. The van der Waals surface area contributed by atoms with Crippen LogP contribution in [0.3, 0.4) is 0 Å². The average Bonchev–Trinajstić information content (AvgIpc) is 2.40. The van der Waals surface area contributed by atoms with Crippen molar-refractivity contribution in [3.63, 3.8) is 0 Å². The minimum Gasteiger partial charge on any atom is -0.488 e. The van der Waals surface area contributed by atoms with Crippen molar-refractivity contribution < 1.29 is 9.94 Å². The van der Waals surface area contributed by atoms with Gasteiger partial charge in [0.15, 0.2) is 0 Å². The van der Waals surface area contributed by atoms with E-state index in [1.807, 2.05) is 36.4 Å². The van der Waals surface area contributed by atoms with Gasteiger partial charge >= 0.3 is 0 Å². The van der Waals surface area contributed by atoms with Gasteiger partial charge in [-0.1, -0.05) is 50.9 Å². The van der Waals surface area contributed by atoms with Crippen molar-refractivity contribution in [3.05, 3.63) is 63.1 Å². The Bertz CT molecular complexity index is 602. The molecule has 0 spiro atoms. The highest BCUT2D eigenvalue weighted by Crippen LogP contribution is 2.24. The van der Waals surface area contributed by atoms with Crippen molar-refractivity contribution in [1.29, 1.82) is 0 Å². The van der Waals surface area contributed by atoms with Crippen molar-refractivity contribution >= 4 is 33.7 Å². The molecular formula is C14H11BrClNO2. The fraction of sp³-hybridized carbons (Fsp3) is 0.0714. The van der Waals surface area contributed by atoms with Gasteiger partial charge < -0.3 is 9.94 Å². The zero-order valence-electron chi connectivity index (χ0n) is 9.88. The summed E-state index contributed by atoms with van der Waals surface area (Å²) < 4.78 is 6.59. The lowest BCUT2D eigenvalue weighted by Gasteiger charge is -2.10. The van der Waals surface area contributed by atoms with Gasteiger partial charge in [0.25, 0.3) is 0 Å². The molecule has 0 bridgehead atoms. The zero-order chi connectivity index (χ0) is 13.7. The van der Waals surface area contributed by atoms with E-state index in [0.29, 0.717) is 22.9 Å². The van der Waals surface area contributed by atoms with E-state index in [9.17, 15) is 0 Å². The summed E-state index contributed by atoms with van der Waals surface area (Å²) in [5, 5.41) is 12.3. The van der Waals surface area contributed by atoms with Crippen molar-refractivity contribution in [2.75, 3.05) is 0 Å². The number of nitrogens with zero attached hydrogens (tertiary/aromatic N) is 1. The number of rotatable bonds is 4. The Morgan fingerprint density at radius 1 is 1.26 bits per heavy atom. The molecule has 2 aromatic rings. The van der Waals surface area contributed by atoms with E-state index < -0.39 is 0 Å². The number of ether oxygens (including phenoxy) is 1. The summed E-state index contributed by atoms with van der Waals surface area (Å²) in [6, 6.07) is 13.0. The first-order valence-electron chi connectivity index (χ1n) is 5.54. The van der Waals surface area contributed by atoms with E-state index in [1.54, 1.807) is 6.07 Å². The third-order valence-electron chi connectivity index (χ3n) is 2.51. The molecule has 0 aliphatic rings. The predicted octanol–water partition coefficient (Wildman–Crippen LogP) is 4.49. The largest absolute Gasteiger partial charge is 0.488 e. The number of halogens is 2. The number of benzene rings is 2. The molecule has 0 saturated heterocycles. The highest BCUT2D eigenvalue weighted by molar-refractivity contribution is 9.10. The third-order valence-corrected chi connectivity index (χ3v) is 3.37. The first-order chi connectivity index (χ1) is 9.20. The summed E-state index contributed by atoms with van der Waals surface area (Å²) in [6.45, 7) is 0.355. The number of oxime groups is 1. The van der Waals surface area contributed by atoms with E-state index in [2.05, 4.69) is 21.1 Å². The SMILES string of the molecule is O/N=C\c1cc(Br)ccc1OCc1ccccc1Cl. The molecule has 0 aliphatic heterocycles. The second kappa shape index (κ2) is 6.59. The molecule has 0 saturated carbocycles. The first-order valence-corrected chi connectivity index (χ1v) is 6.71. The summed E-state index contributed by atoms with van der Waals surface area (Å²) in [5.41, 5.74) is 1.59. The lowest BCUT2D eigenvalue weighted by molar-refractivity contribution is 0.304. The molecule has 0 aromatic heterocycles. The highest BCUT2D eigenvalue weighted by atomic mass is 79.9. The van der Waals surface area contributed by atoms with Crippen LogP contribution in [0.5, 0.6) is 5.75 Å². The molecule has 0 amide bonds. The molecule has 2 aromatic carbocycles. The normalized spacial score (nSPS) is 10.8. The maximum atomic E-state index is 8.64. The van der Waals surface area contributed by atoms with Gasteiger partial charge in [-0.3, -0.25) is 0 Å². The summed E-state index contributed by atoms with van der Waals surface area (Å²) in [7, 11) is 0. The van der Waals surface area contributed by atoms with Gasteiger partial charge in [0.2, 0.25) is 0 Å². The predicted molar refractivity (Wildman–Crippen MR) is 79.3 cm³/mol. The van der Waals surface area contributed by atoms with E-state index in [0.717, 1.165) is 10.0 Å². The van der Waals surface area contributed by atoms with E-state index in [4.69, 9.17) is 21.5 Å².